The second kappa shape index (κ2) is 8.75. The second-order valence-corrected chi connectivity index (χ2v) is 6.44. The molecule has 1 aromatic rings. The predicted octanol–water partition coefficient (Wildman–Crippen LogP) is 2.19. The van der Waals surface area contributed by atoms with Gasteiger partial charge in [-0.3, -0.25) is 14.9 Å². The standard InChI is InChI=1S/C15H21N3O3S/c19-15(17-9-7-12-2-1-8-16-10-12)11-22-14-5-3-13(4-6-14)18(20)21/h3-6,12,16H,1-2,7-11H2,(H,17,19). The maximum Gasteiger partial charge on any atom is 0.269 e. The molecular weight excluding hydrogens is 302 g/mol. The van der Waals surface area contributed by atoms with Gasteiger partial charge in [0.1, 0.15) is 0 Å². The predicted molar refractivity (Wildman–Crippen MR) is 87.0 cm³/mol. The molecule has 1 unspecified atom stereocenters. The molecule has 2 rings (SSSR count). The number of nitrogens with one attached hydrogen (secondary N) is 2. The first kappa shape index (κ1) is 16.8. The van der Waals surface area contributed by atoms with Crippen molar-refractivity contribution in [1.29, 1.82) is 0 Å². The van der Waals surface area contributed by atoms with E-state index in [-0.39, 0.29) is 11.6 Å². The zero-order valence-corrected chi connectivity index (χ0v) is 13.2. The molecule has 2 N–H and O–H groups in total. The van der Waals surface area contributed by atoms with Crippen molar-refractivity contribution in [3.05, 3.63) is 34.4 Å². The second-order valence-electron chi connectivity index (χ2n) is 5.39. The SMILES string of the molecule is O=C(CSc1ccc([N+](=O)[O-])cc1)NCCC1CCCNC1. The molecular formula is C15H21N3O3S. The zero-order chi connectivity index (χ0) is 15.8. The molecule has 0 bridgehead atoms. The lowest BCUT2D eigenvalue weighted by atomic mass is 9.96. The minimum absolute atomic E-state index is 0.00659. The molecule has 7 heteroatoms. The highest BCUT2D eigenvalue weighted by Crippen LogP contribution is 2.21. The molecule has 1 aromatic carbocycles. The largest absolute Gasteiger partial charge is 0.355 e. The van der Waals surface area contributed by atoms with Crippen LogP contribution in [0.1, 0.15) is 19.3 Å². The number of hydrogen-bond donors (Lipinski definition) is 2. The van der Waals surface area contributed by atoms with E-state index in [0.29, 0.717) is 18.2 Å². The van der Waals surface area contributed by atoms with E-state index in [1.165, 1.54) is 36.7 Å². The molecule has 0 aromatic heterocycles. The van der Waals surface area contributed by atoms with E-state index >= 15 is 0 Å². The molecule has 120 valence electrons. The van der Waals surface area contributed by atoms with E-state index in [0.717, 1.165) is 24.4 Å². The number of piperidine rings is 1. The van der Waals surface area contributed by atoms with Gasteiger partial charge in [-0.25, -0.2) is 0 Å². The number of hydrogen-bond acceptors (Lipinski definition) is 5. The Morgan fingerprint density at radius 1 is 1.41 bits per heavy atom. The lowest BCUT2D eigenvalue weighted by Gasteiger charge is -2.22. The summed E-state index contributed by atoms with van der Waals surface area (Å²) in [4.78, 5) is 22.8. The van der Waals surface area contributed by atoms with Gasteiger partial charge in [0.2, 0.25) is 5.91 Å². The summed E-state index contributed by atoms with van der Waals surface area (Å²) in [5.41, 5.74) is 0.0647. The van der Waals surface area contributed by atoms with E-state index in [1.807, 2.05) is 0 Å². The van der Waals surface area contributed by atoms with E-state index in [9.17, 15) is 14.9 Å². The minimum atomic E-state index is -0.429. The third-order valence-corrected chi connectivity index (χ3v) is 4.70. The summed E-state index contributed by atoms with van der Waals surface area (Å²) < 4.78 is 0. The lowest BCUT2D eigenvalue weighted by Crippen LogP contribution is -2.33. The van der Waals surface area contributed by atoms with Crippen molar-refractivity contribution < 1.29 is 9.72 Å². The number of nitro benzene ring substituents is 1. The molecule has 0 aliphatic carbocycles. The number of nitro groups is 1. The molecule has 1 aliphatic rings. The number of rotatable bonds is 7. The van der Waals surface area contributed by atoms with Crippen molar-refractivity contribution in [1.82, 2.24) is 10.6 Å². The summed E-state index contributed by atoms with van der Waals surface area (Å²) in [5.74, 6) is 1.00. The summed E-state index contributed by atoms with van der Waals surface area (Å²) in [6.07, 6.45) is 3.47. The van der Waals surface area contributed by atoms with Gasteiger partial charge in [-0.2, -0.15) is 0 Å². The van der Waals surface area contributed by atoms with Gasteiger partial charge in [-0.1, -0.05) is 0 Å². The third kappa shape index (κ3) is 5.65. The van der Waals surface area contributed by atoms with Crippen molar-refractivity contribution >= 4 is 23.4 Å². The van der Waals surface area contributed by atoms with Gasteiger partial charge in [0.25, 0.3) is 5.69 Å². The van der Waals surface area contributed by atoms with E-state index in [1.54, 1.807) is 12.1 Å². The molecule has 6 nitrogen and oxygen atoms in total. The molecule has 0 radical (unpaired) electrons. The van der Waals surface area contributed by atoms with Gasteiger partial charge >= 0.3 is 0 Å². The molecule has 22 heavy (non-hydrogen) atoms. The highest BCUT2D eigenvalue weighted by atomic mass is 32.2. The monoisotopic (exact) mass is 323 g/mol. The van der Waals surface area contributed by atoms with Crippen LogP contribution in [0.2, 0.25) is 0 Å². The summed E-state index contributed by atoms with van der Waals surface area (Å²) in [5, 5.41) is 16.9. The van der Waals surface area contributed by atoms with E-state index in [2.05, 4.69) is 10.6 Å². The fraction of sp³-hybridized carbons (Fsp3) is 0.533. The van der Waals surface area contributed by atoms with Crippen LogP contribution in [0.5, 0.6) is 0 Å². The fourth-order valence-corrected chi connectivity index (χ4v) is 3.18. The minimum Gasteiger partial charge on any atom is -0.355 e. The number of amides is 1. The van der Waals surface area contributed by atoms with Crippen LogP contribution < -0.4 is 10.6 Å². The molecule has 1 amide bonds. The highest BCUT2D eigenvalue weighted by Gasteiger charge is 2.13. The van der Waals surface area contributed by atoms with Crippen LogP contribution in [-0.2, 0) is 4.79 Å². The van der Waals surface area contributed by atoms with Gasteiger partial charge in [0.05, 0.1) is 10.7 Å². The first-order valence-electron chi connectivity index (χ1n) is 7.50. The molecule has 1 fully saturated rings. The molecule has 1 atom stereocenters. The van der Waals surface area contributed by atoms with Crippen LogP contribution in [0.3, 0.4) is 0 Å². The number of nitrogens with zero attached hydrogens (tertiary/aromatic N) is 1. The average molecular weight is 323 g/mol. The van der Waals surface area contributed by atoms with Crippen LogP contribution >= 0.6 is 11.8 Å². The van der Waals surface area contributed by atoms with Crippen molar-refractivity contribution in [2.45, 2.75) is 24.2 Å². The van der Waals surface area contributed by atoms with Crippen molar-refractivity contribution in [2.75, 3.05) is 25.4 Å². The van der Waals surface area contributed by atoms with Crippen LogP contribution in [0.25, 0.3) is 0 Å². The van der Waals surface area contributed by atoms with Gasteiger partial charge in [0, 0.05) is 23.6 Å². The fourth-order valence-electron chi connectivity index (χ4n) is 2.45. The summed E-state index contributed by atoms with van der Waals surface area (Å²) in [6.45, 7) is 2.87. The Labute approximate surface area is 134 Å². The van der Waals surface area contributed by atoms with Crippen molar-refractivity contribution in [3.63, 3.8) is 0 Å². The molecule has 0 spiro atoms. The summed E-state index contributed by atoms with van der Waals surface area (Å²) >= 11 is 1.39. The van der Waals surface area contributed by atoms with Crippen LogP contribution in [-0.4, -0.2) is 36.2 Å². The summed E-state index contributed by atoms with van der Waals surface area (Å²) in [6, 6.07) is 6.25. The maximum atomic E-state index is 11.8. The zero-order valence-electron chi connectivity index (χ0n) is 12.4. The number of carbonyl (C=O) groups excluding carboxylic acids is 1. The molecule has 1 saturated heterocycles. The van der Waals surface area contributed by atoms with Gasteiger partial charge < -0.3 is 10.6 Å². The van der Waals surface area contributed by atoms with Gasteiger partial charge in [-0.15, -0.1) is 11.8 Å². The lowest BCUT2D eigenvalue weighted by molar-refractivity contribution is -0.384. The average Bonchev–Trinajstić information content (AvgIpc) is 2.54. The number of thioether (sulfide) groups is 1. The Kier molecular flexibility index (Phi) is 6.67. The quantitative estimate of drug-likeness (QED) is 0.456. The molecule has 0 saturated carbocycles. The number of benzene rings is 1. The summed E-state index contributed by atoms with van der Waals surface area (Å²) in [7, 11) is 0. The Balaban J connectivity index is 1.63. The number of non-ortho nitro benzene ring substituents is 1. The van der Waals surface area contributed by atoms with Crippen LogP contribution in [0, 0.1) is 16.0 Å². The van der Waals surface area contributed by atoms with Crippen molar-refractivity contribution in [3.8, 4) is 0 Å². The van der Waals surface area contributed by atoms with Gasteiger partial charge in [-0.05, 0) is 50.4 Å². The Morgan fingerprint density at radius 3 is 2.82 bits per heavy atom. The first-order chi connectivity index (χ1) is 10.6. The van der Waals surface area contributed by atoms with Gasteiger partial charge in [0.15, 0.2) is 0 Å². The van der Waals surface area contributed by atoms with Crippen LogP contribution in [0.4, 0.5) is 5.69 Å². The van der Waals surface area contributed by atoms with Crippen molar-refractivity contribution in [2.24, 2.45) is 5.92 Å². The van der Waals surface area contributed by atoms with E-state index in [4.69, 9.17) is 0 Å². The Morgan fingerprint density at radius 2 is 2.18 bits per heavy atom. The Bertz CT molecular complexity index is 501. The normalized spacial score (nSPS) is 17.9. The highest BCUT2D eigenvalue weighted by molar-refractivity contribution is 8.00. The first-order valence-corrected chi connectivity index (χ1v) is 8.48. The van der Waals surface area contributed by atoms with E-state index < -0.39 is 4.92 Å². The maximum absolute atomic E-state index is 11.8. The topological polar surface area (TPSA) is 84.3 Å². The Hall–Kier alpha value is -1.60. The smallest absolute Gasteiger partial charge is 0.269 e. The third-order valence-electron chi connectivity index (χ3n) is 3.69. The number of carbonyl (C=O) groups is 1. The van der Waals surface area contributed by atoms with Crippen LogP contribution in [0.15, 0.2) is 29.2 Å². The molecule has 1 heterocycles. The molecule has 1 aliphatic heterocycles.